The van der Waals surface area contributed by atoms with Crippen LogP contribution in [0.1, 0.15) is 29.2 Å². The van der Waals surface area contributed by atoms with Crippen LogP contribution in [-0.4, -0.2) is 21.7 Å². The summed E-state index contributed by atoms with van der Waals surface area (Å²) in [7, 11) is 0. The molecule has 5 nitrogen and oxygen atoms in total. The number of aromatic amines is 1. The Morgan fingerprint density at radius 1 is 1.46 bits per heavy atom. The highest BCUT2D eigenvalue weighted by Gasteiger charge is 2.41. The molecule has 0 aliphatic heterocycles. The van der Waals surface area contributed by atoms with Crippen LogP contribution in [0.3, 0.4) is 0 Å². The maximum absolute atomic E-state index is 13.7. The molecule has 0 radical (unpaired) electrons. The van der Waals surface area contributed by atoms with E-state index in [0.29, 0.717) is 12.1 Å². The number of aromatic nitrogens is 2. The summed E-state index contributed by atoms with van der Waals surface area (Å²) in [5.41, 5.74) is -0.0960. The molecule has 1 aromatic carbocycles. The number of nitrogens with one attached hydrogen (secondary N) is 1. The van der Waals surface area contributed by atoms with Crippen molar-refractivity contribution in [1.82, 2.24) is 9.97 Å². The van der Waals surface area contributed by atoms with Crippen LogP contribution in [0.15, 0.2) is 28.2 Å². The molecular weight excluding hydrogens is 336 g/mol. The average molecular weight is 349 g/mol. The lowest BCUT2D eigenvalue weighted by atomic mass is 10.1. The maximum Gasteiger partial charge on any atom is 0.269 e. The first kappa shape index (κ1) is 16.6. The number of aliphatic hydroxyl groups excluding tert-OH is 1. The monoisotopic (exact) mass is 349 g/mol. The number of benzene rings is 1. The van der Waals surface area contributed by atoms with Gasteiger partial charge in [-0.2, -0.15) is 5.26 Å². The maximum atomic E-state index is 13.7. The normalized spacial score (nSPS) is 19.1. The second-order valence-corrected chi connectivity index (χ2v) is 6.49. The number of thioether (sulfide) groups is 1. The van der Waals surface area contributed by atoms with Crippen molar-refractivity contribution in [3.8, 4) is 6.07 Å². The molecule has 2 atom stereocenters. The zero-order valence-electron chi connectivity index (χ0n) is 12.4. The van der Waals surface area contributed by atoms with Gasteiger partial charge in [-0.05, 0) is 18.4 Å². The van der Waals surface area contributed by atoms with Gasteiger partial charge in [0.05, 0.1) is 5.69 Å². The van der Waals surface area contributed by atoms with Crippen LogP contribution in [0.4, 0.5) is 8.78 Å². The molecule has 1 aromatic heterocycles. The largest absolute Gasteiger partial charge is 0.396 e. The van der Waals surface area contributed by atoms with Gasteiger partial charge >= 0.3 is 0 Å². The van der Waals surface area contributed by atoms with E-state index in [1.54, 1.807) is 0 Å². The standard InChI is InChI=1S/C16H13F2N3O2S/c17-12-3-1-2-8(13(12)18)7-24-16-20-14(10-4-9(10)6-22)11(5-19)15(23)21-16/h1-3,9-10,22H,4,6-7H2,(H,20,21,23)/t9-,10+/m1/s1. The molecule has 3 rings (SSSR count). The van der Waals surface area contributed by atoms with Crippen molar-refractivity contribution in [3.05, 3.63) is 57.0 Å². The second kappa shape index (κ2) is 6.71. The van der Waals surface area contributed by atoms with Crippen LogP contribution in [0.5, 0.6) is 0 Å². The molecule has 1 heterocycles. The zero-order valence-corrected chi connectivity index (χ0v) is 13.2. The smallest absolute Gasteiger partial charge is 0.269 e. The van der Waals surface area contributed by atoms with Crippen molar-refractivity contribution in [2.75, 3.05) is 6.61 Å². The molecule has 1 fully saturated rings. The first-order valence-corrected chi connectivity index (χ1v) is 8.24. The SMILES string of the molecule is N#Cc1c([C@H]2C[C@@H]2CO)nc(SCc2cccc(F)c2F)[nH]c1=O. The minimum atomic E-state index is -0.932. The van der Waals surface area contributed by atoms with Crippen molar-refractivity contribution in [1.29, 1.82) is 5.26 Å². The fourth-order valence-electron chi connectivity index (χ4n) is 2.50. The van der Waals surface area contributed by atoms with E-state index in [1.807, 2.05) is 6.07 Å². The van der Waals surface area contributed by atoms with Gasteiger partial charge in [0.15, 0.2) is 16.8 Å². The van der Waals surface area contributed by atoms with Crippen LogP contribution < -0.4 is 5.56 Å². The molecule has 0 spiro atoms. The van der Waals surface area contributed by atoms with E-state index in [0.717, 1.165) is 17.8 Å². The molecular formula is C16H13F2N3O2S. The molecule has 0 amide bonds. The quantitative estimate of drug-likeness (QED) is 0.639. The molecule has 2 aromatic rings. The number of aliphatic hydroxyl groups is 1. The van der Waals surface area contributed by atoms with Crippen LogP contribution in [-0.2, 0) is 5.75 Å². The number of H-pyrrole nitrogens is 1. The summed E-state index contributed by atoms with van der Waals surface area (Å²) in [5.74, 6) is -1.88. The van der Waals surface area contributed by atoms with Crippen LogP contribution in [0.25, 0.3) is 0 Å². The Bertz CT molecular complexity index is 879. The Kier molecular flexibility index (Phi) is 4.64. The fourth-order valence-corrected chi connectivity index (χ4v) is 3.35. The third kappa shape index (κ3) is 3.18. The highest BCUT2D eigenvalue weighted by molar-refractivity contribution is 7.98. The molecule has 2 N–H and O–H groups in total. The van der Waals surface area contributed by atoms with Crippen molar-refractivity contribution >= 4 is 11.8 Å². The molecule has 0 bridgehead atoms. The minimum absolute atomic E-state index is 0.00455. The third-order valence-electron chi connectivity index (χ3n) is 3.94. The summed E-state index contributed by atoms with van der Waals surface area (Å²) in [5, 5.41) is 18.5. The zero-order chi connectivity index (χ0) is 17.3. The number of rotatable bonds is 5. The number of halogens is 2. The van der Waals surface area contributed by atoms with Gasteiger partial charge in [-0.3, -0.25) is 4.79 Å². The number of hydrogen-bond donors (Lipinski definition) is 2. The van der Waals surface area contributed by atoms with Crippen LogP contribution >= 0.6 is 11.8 Å². The number of nitriles is 1. The molecule has 124 valence electrons. The molecule has 0 unspecified atom stereocenters. The third-order valence-corrected chi connectivity index (χ3v) is 4.86. The number of hydrogen-bond acceptors (Lipinski definition) is 5. The van der Waals surface area contributed by atoms with E-state index < -0.39 is 17.2 Å². The summed E-state index contributed by atoms with van der Waals surface area (Å²) in [6.07, 6.45) is 0.671. The van der Waals surface area contributed by atoms with Gasteiger partial charge in [0.25, 0.3) is 5.56 Å². The summed E-state index contributed by atoms with van der Waals surface area (Å²) < 4.78 is 26.9. The number of nitrogens with zero attached hydrogens (tertiary/aromatic N) is 2. The average Bonchev–Trinajstić information content (AvgIpc) is 3.35. The molecule has 1 aliphatic carbocycles. The second-order valence-electron chi connectivity index (χ2n) is 5.53. The Balaban J connectivity index is 1.85. The highest BCUT2D eigenvalue weighted by Crippen LogP contribution is 2.47. The first-order chi connectivity index (χ1) is 11.5. The lowest BCUT2D eigenvalue weighted by Crippen LogP contribution is -2.16. The van der Waals surface area contributed by atoms with E-state index >= 15 is 0 Å². The van der Waals surface area contributed by atoms with Crippen molar-refractivity contribution in [2.24, 2.45) is 5.92 Å². The summed E-state index contributed by atoms with van der Waals surface area (Å²) in [6, 6.07) is 5.74. The first-order valence-electron chi connectivity index (χ1n) is 7.26. The predicted molar refractivity (Wildman–Crippen MR) is 83.4 cm³/mol. The van der Waals surface area contributed by atoms with Crippen molar-refractivity contribution in [3.63, 3.8) is 0 Å². The summed E-state index contributed by atoms with van der Waals surface area (Å²) in [4.78, 5) is 18.8. The lowest BCUT2D eigenvalue weighted by molar-refractivity contribution is 0.273. The van der Waals surface area contributed by atoms with Gasteiger partial charge in [-0.25, -0.2) is 13.8 Å². The van der Waals surface area contributed by atoms with Crippen LogP contribution in [0.2, 0.25) is 0 Å². The molecule has 1 aliphatic rings. The van der Waals surface area contributed by atoms with Gasteiger partial charge in [0, 0.05) is 23.8 Å². The van der Waals surface area contributed by atoms with Crippen molar-refractivity contribution < 1.29 is 13.9 Å². The van der Waals surface area contributed by atoms with Gasteiger partial charge in [0.2, 0.25) is 0 Å². The highest BCUT2D eigenvalue weighted by atomic mass is 32.2. The Labute approximate surface area is 140 Å². The minimum Gasteiger partial charge on any atom is -0.396 e. The molecule has 1 saturated carbocycles. The topological polar surface area (TPSA) is 89.8 Å². The fraction of sp³-hybridized carbons (Fsp3) is 0.312. The van der Waals surface area contributed by atoms with E-state index in [9.17, 15) is 13.6 Å². The van der Waals surface area contributed by atoms with Crippen LogP contribution in [0, 0.1) is 28.9 Å². The summed E-state index contributed by atoms with van der Waals surface area (Å²) in [6.45, 7) is -0.0268. The Hall–Kier alpha value is -2.24. The summed E-state index contributed by atoms with van der Waals surface area (Å²) >= 11 is 1.05. The van der Waals surface area contributed by atoms with Gasteiger partial charge in [0.1, 0.15) is 11.6 Å². The molecule has 24 heavy (non-hydrogen) atoms. The van der Waals surface area contributed by atoms with Gasteiger partial charge in [-0.1, -0.05) is 23.9 Å². The van der Waals surface area contributed by atoms with E-state index in [1.165, 1.54) is 12.1 Å². The van der Waals surface area contributed by atoms with E-state index in [-0.39, 0.29) is 40.5 Å². The van der Waals surface area contributed by atoms with Crippen molar-refractivity contribution in [2.45, 2.75) is 23.2 Å². The lowest BCUT2D eigenvalue weighted by Gasteiger charge is -2.07. The van der Waals surface area contributed by atoms with E-state index in [4.69, 9.17) is 10.4 Å². The molecule has 8 heteroatoms. The van der Waals surface area contributed by atoms with Gasteiger partial charge < -0.3 is 10.1 Å². The molecule has 0 saturated heterocycles. The Morgan fingerprint density at radius 2 is 2.25 bits per heavy atom. The van der Waals surface area contributed by atoms with Gasteiger partial charge in [-0.15, -0.1) is 0 Å². The predicted octanol–water partition coefficient (Wildman–Crippen LogP) is 2.31. The van der Waals surface area contributed by atoms with E-state index in [2.05, 4.69) is 9.97 Å². The Morgan fingerprint density at radius 3 is 2.92 bits per heavy atom.